The van der Waals surface area contributed by atoms with Crippen molar-refractivity contribution in [2.75, 3.05) is 5.32 Å². The minimum Gasteiger partial charge on any atom is -0.345 e. The van der Waals surface area contributed by atoms with Gasteiger partial charge in [0.1, 0.15) is 5.82 Å². The zero-order valence-electron chi connectivity index (χ0n) is 15.4. The van der Waals surface area contributed by atoms with Crippen LogP contribution in [0.2, 0.25) is 0 Å². The third-order valence-corrected chi connectivity index (χ3v) is 5.94. The van der Waals surface area contributed by atoms with Crippen molar-refractivity contribution in [3.05, 3.63) is 41.1 Å². The van der Waals surface area contributed by atoms with Crippen molar-refractivity contribution < 1.29 is 18.0 Å². The highest BCUT2D eigenvalue weighted by molar-refractivity contribution is 7.90. The molecule has 144 valence electrons. The number of aryl methyl sites for hydroxylation is 1. The van der Waals surface area contributed by atoms with E-state index in [1.165, 1.54) is 4.68 Å². The summed E-state index contributed by atoms with van der Waals surface area (Å²) in [6.07, 6.45) is 0.688. The maximum absolute atomic E-state index is 12.3. The van der Waals surface area contributed by atoms with Gasteiger partial charge in [-0.15, -0.1) is 0 Å². The van der Waals surface area contributed by atoms with Crippen molar-refractivity contribution in [1.82, 2.24) is 15.1 Å². The fourth-order valence-electron chi connectivity index (χ4n) is 2.80. The van der Waals surface area contributed by atoms with E-state index in [4.69, 9.17) is 0 Å². The molecule has 2 amide bonds. The molecule has 0 bridgehead atoms. The number of anilines is 1. The van der Waals surface area contributed by atoms with Crippen LogP contribution < -0.4 is 10.6 Å². The molecule has 1 aliphatic heterocycles. The van der Waals surface area contributed by atoms with Crippen LogP contribution >= 0.6 is 0 Å². The lowest BCUT2D eigenvalue weighted by Crippen LogP contribution is -2.40. The molecule has 0 unspecified atom stereocenters. The van der Waals surface area contributed by atoms with Crippen LogP contribution in [0.15, 0.2) is 24.3 Å². The second kappa shape index (κ2) is 7.15. The topological polar surface area (TPSA) is 110 Å². The van der Waals surface area contributed by atoms with Crippen LogP contribution in [-0.2, 0) is 30.9 Å². The van der Waals surface area contributed by atoms with Gasteiger partial charge >= 0.3 is 11.8 Å². The number of carbonyl (C=O) groups is 2. The number of hydrogen-bond donors (Lipinski definition) is 2. The summed E-state index contributed by atoms with van der Waals surface area (Å²) >= 11 is 0. The van der Waals surface area contributed by atoms with E-state index in [0.717, 1.165) is 5.56 Å². The summed E-state index contributed by atoms with van der Waals surface area (Å²) in [5.41, 5.74) is 2.55. The molecule has 0 saturated carbocycles. The maximum atomic E-state index is 12.3. The predicted molar refractivity (Wildman–Crippen MR) is 101 cm³/mol. The molecule has 0 saturated heterocycles. The lowest BCUT2D eigenvalue weighted by Gasteiger charge is -2.13. The van der Waals surface area contributed by atoms with Gasteiger partial charge in [-0.25, -0.2) is 13.1 Å². The van der Waals surface area contributed by atoms with Crippen LogP contribution in [0, 0.1) is 6.92 Å². The third kappa shape index (κ3) is 4.02. The zero-order chi connectivity index (χ0) is 19.8. The van der Waals surface area contributed by atoms with Gasteiger partial charge < -0.3 is 10.6 Å². The van der Waals surface area contributed by atoms with Gasteiger partial charge in [0.15, 0.2) is 9.84 Å². The molecule has 0 radical (unpaired) electrons. The molecule has 1 atom stereocenters. The van der Waals surface area contributed by atoms with Crippen LogP contribution in [0.25, 0.3) is 5.69 Å². The molecule has 8 nitrogen and oxygen atoms in total. The van der Waals surface area contributed by atoms with Gasteiger partial charge in [-0.2, -0.15) is 5.10 Å². The predicted octanol–water partition coefficient (Wildman–Crippen LogP) is 1.46. The van der Waals surface area contributed by atoms with Crippen molar-refractivity contribution in [2.24, 2.45) is 0 Å². The minimum atomic E-state index is -3.30. The molecule has 27 heavy (non-hydrogen) atoms. The van der Waals surface area contributed by atoms with Crippen LogP contribution in [0.5, 0.6) is 0 Å². The lowest BCUT2D eigenvalue weighted by molar-refractivity contribution is -0.136. The largest absolute Gasteiger partial charge is 0.345 e. The number of sulfone groups is 1. The molecule has 1 aliphatic rings. The van der Waals surface area contributed by atoms with Crippen molar-refractivity contribution >= 4 is 27.5 Å². The van der Waals surface area contributed by atoms with Crippen molar-refractivity contribution in [3.63, 3.8) is 0 Å². The van der Waals surface area contributed by atoms with Crippen LogP contribution in [0.3, 0.4) is 0 Å². The molecule has 2 aromatic rings. The van der Waals surface area contributed by atoms with Crippen molar-refractivity contribution in [3.8, 4) is 5.69 Å². The van der Waals surface area contributed by atoms with Crippen molar-refractivity contribution in [1.29, 1.82) is 0 Å². The standard InChI is InChI=1S/C18H22N4O4S/c1-4-12(3)19-17(23)18(24)20-16-14-9-27(25,26)10-15(14)21-22(16)13-7-5-11(2)6-8-13/h5-8,12H,4,9-10H2,1-3H3,(H,19,23)(H,20,24)/t12-/m0/s1. The highest BCUT2D eigenvalue weighted by Crippen LogP contribution is 2.32. The first-order valence-electron chi connectivity index (χ1n) is 8.70. The highest BCUT2D eigenvalue weighted by atomic mass is 32.2. The molecule has 2 heterocycles. The van der Waals surface area contributed by atoms with E-state index in [-0.39, 0.29) is 23.4 Å². The first-order chi connectivity index (χ1) is 12.7. The molecular formula is C18H22N4O4S. The first-order valence-corrected chi connectivity index (χ1v) is 10.5. The Bertz CT molecular complexity index is 993. The number of aromatic nitrogens is 2. The Hall–Kier alpha value is -2.68. The lowest BCUT2D eigenvalue weighted by atomic mass is 10.2. The number of nitrogens with one attached hydrogen (secondary N) is 2. The SMILES string of the molecule is CC[C@H](C)NC(=O)C(=O)Nc1c2c(nn1-c1ccc(C)cc1)CS(=O)(=O)C2. The smallest absolute Gasteiger partial charge is 0.314 e. The number of nitrogens with zero attached hydrogens (tertiary/aromatic N) is 2. The number of amides is 2. The summed E-state index contributed by atoms with van der Waals surface area (Å²) in [5, 5.41) is 9.52. The molecule has 0 fully saturated rings. The van der Waals surface area contributed by atoms with Gasteiger partial charge in [-0.05, 0) is 32.4 Å². The van der Waals surface area contributed by atoms with Gasteiger partial charge in [0.05, 0.1) is 22.9 Å². The Morgan fingerprint density at radius 3 is 2.48 bits per heavy atom. The average molecular weight is 390 g/mol. The van der Waals surface area contributed by atoms with Crippen LogP contribution in [0.1, 0.15) is 37.1 Å². The molecule has 3 rings (SSSR count). The third-order valence-electron chi connectivity index (χ3n) is 4.49. The van der Waals surface area contributed by atoms with Crippen LogP contribution in [0.4, 0.5) is 5.82 Å². The Morgan fingerprint density at radius 1 is 1.19 bits per heavy atom. The second-order valence-electron chi connectivity index (χ2n) is 6.79. The second-order valence-corrected chi connectivity index (χ2v) is 8.85. The Balaban J connectivity index is 1.96. The normalized spacial score (nSPS) is 15.8. The maximum Gasteiger partial charge on any atom is 0.314 e. The number of hydrogen-bond acceptors (Lipinski definition) is 5. The molecule has 0 aliphatic carbocycles. The Kier molecular flexibility index (Phi) is 5.05. The molecule has 1 aromatic heterocycles. The number of benzene rings is 1. The summed E-state index contributed by atoms with van der Waals surface area (Å²) < 4.78 is 25.4. The van der Waals surface area contributed by atoms with E-state index in [2.05, 4.69) is 15.7 Å². The van der Waals surface area contributed by atoms with Crippen molar-refractivity contribution in [2.45, 2.75) is 44.7 Å². The minimum absolute atomic E-state index is 0.142. The number of rotatable bonds is 4. The Labute approximate surface area is 157 Å². The molecule has 0 spiro atoms. The quantitative estimate of drug-likeness (QED) is 0.768. The summed E-state index contributed by atoms with van der Waals surface area (Å²) in [5.74, 6) is -1.79. The average Bonchev–Trinajstić information content (AvgIpc) is 3.08. The van der Waals surface area contributed by atoms with Gasteiger partial charge in [0, 0.05) is 11.6 Å². The Morgan fingerprint density at radius 2 is 1.85 bits per heavy atom. The van der Waals surface area contributed by atoms with E-state index in [1.54, 1.807) is 6.92 Å². The van der Waals surface area contributed by atoms with Gasteiger partial charge in [0.2, 0.25) is 0 Å². The van der Waals surface area contributed by atoms with Gasteiger partial charge in [-0.3, -0.25) is 9.59 Å². The summed E-state index contributed by atoms with van der Waals surface area (Å²) in [7, 11) is -3.30. The molecular weight excluding hydrogens is 368 g/mol. The first kappa shape index (κ1) is 19.1. The fraction of sp³-hybridized carbons (Fsp3) is 0.389. The number of fused-ring (bicyclic) bond motifs is 1. The van der Waals surface area contributed by atoms with Gasteiger partial charge in [-0.1, -0.05) is 24.6 Å². The fourth-order valence-corrected chi connectivity index (χ4v) is 4.29. The summed E-state index contributed by atoms with van der Waals surface area (Å²) in [6.45, 7) is 5.64. The zero-order valence-corrected chi connectivity index (χ0v) is 16.3. The molecule has 9 heteroatoms. The van der Waals surface area contributed by atoms with Gasteiger partial charge in [0.25, 0.3) is 0 Å². The number of carbonyl (C=O) groups excluding carboxylic acids is 2. The summed E-state index contributed by atoms with van der Waals surface area (Å²) in [4.78, 5) is 24.4. The van der Waals surface area contributed by atoms with E-state index in [1.807, 2.05) is 38.1 Å². The molecule has 2 N–H and O–H groups in total. The van der Waals surface area contributed by atoms with E-state index in [9.17, 15) is 18.0 Å². The monoisotopic (exact) mass is 390 g/mol. The highest BCUT2D eigenvalue weighted by Gasteiger charge is 2.33. The van der Waals surface area contributed by atoms with Crippen LogP contribution in [-0.4, -0.2) is 36.1 Å². The van der Waals surface area contributed by atoms with E-state index in [0.29, 0.717) is 23.4 Å². The van der Waals surface area contributed by atoms with E-state index >= 15 is 0 Å². The van der Waals surface area contributed by atoms with E-state index < -0.39 is 21.7 Å². The molecule has 1 aromatic carbocycles. The summed E-state index contributed by atoms with van der Waals surface area (Å²) in [6, 6.07) is 7.28.